The number of nitrogens with one attached hydrogen (secondary N) is 3. The van der Waals surface area contributed by atoms with Crippen LogP contribution in [0, 0.1) is 11.8 Å². The van der Waals surface area contributed by atoms with Gasteiger partial charge in [-0.15, -0.1) is 0 Å². The highest BCUT2D eigenvalue weighted by Gasteiger charge is 2.30. The molecule has 0 aliphatic carbocycles. The van der Waals surface area contributed by atoms with Gasteiger partial charge in [0.25, 0.3) is 0 Å². The molecule has 0 spiro atoms. The van der Waals surface area contributed by atoms with E-state index >= 15 is 0 Å². The smallest absolute Gasteiger partial charge is 0.312 e. The lowest BCUT2D eigenvalue weighted by molar-refractivity contribution is -0.141. The van der Waals surface area contributed by atoms with Crippen LogP contribution in [0.5, 0.6) is 0 Å². The zero-order valence-corrected chi connectivity index (χ0v) is 21.6. The molecule has 0 heterocycles. The second kappa shape index (κ2) is 16.3. The minimum atomic E-state index is -1.01. The van der Waals surface area contributed by atoms with E-state index in [1.165, 1.54) is 7.11 Å². The molecular weight excluding hydrogens is 482 g/mol. The van der Waals surface area contributed by atoms with Crippen molar-refractivity contribution in [3.63, 3.8) is 0 Å². The first-order valence-electron chi connectivity index (χ1n) is 12.2. The van der Waals surface area contributed by atoms with Crippen molar-refractivity contribution in [1.29, 1.82) is 0 Å². The summed E-state index contributed by atoms with van der Waals surface area (Å²) in [6.45, 7) is 3.62. The quantitative estimate of drug-likeness (QED) is 0.134. The number of carbonyl (C=O) groups is 5. The van der Waals surface area contributed by atoms with Gasteiger partial charge in [-0.2, -0.15) is 0 Å². The Bertz CT molecular complexity index is 921. The highest BCUT2D eigenvalue weighted by molar-refractivity contribution is 5.97. The predicted octanol–water partition coefficient (Wildman–Crippen LogP) is 0.563. The van der Waals surface area contributed by atoms with E-state index < -0.39 is 41.8 Å². The topological polar surface area (TPSA) is 203 Å². The number of aliphatic hydroxyl groups is 1. The van der Waals surface area contributed by atoms with Crippen molar-refractivity contribution >= 4 is 35.3 Å². The molecule has 0 aliphatic rings. The third-order valence-corrected chi connectivity index (χ3v) is 5.79. The highest BCUT2D eigenvalue weighted by Crippen LogP contribution is 2.19. The van der Waals surface area contributed by atoms with E-state index in [-0.39, 0.29) is 50.5 Å². The molecule has 0 saturated heterocycles. The summed E-state index contributed by atoms with van der Waals surface area (Å²) in [7, 11) is 1.24. The van der Waals surface area contributed by atoms with Crippen LogP contribution < -0.4 is 27.4 Å². The molecule has 206 valence electrons. The van der Waals surface area contributed by atoms with Gasteiger partial charge in [-0.1, -0.05) is 26.0 Å². The van der Waals surface area contributed by atoms with Gasteiger partial charge in [0.2, 0.25) is 11.8 Å². The Hall–Kier alpha value is -3.51. The van der Waals surface area contributed by atoms with Crippen molar-refractivity contribution < 1.29 is 33.8 Å². The van der Waals surface area contributed by atoms with Gasteiger partial charge in [0.05, 0.1) is 25.8 Å². The number of rotatable bonds is 16. The summed E-state index contributed by atoms with van der Waals surface area (Å²) in [4.78, 5) is 61.1. The molecule has 0 aromatic heterocycles. The Labute approximate surface area is 216 Å². The SMILES string of the molecule is COC(=O)CC[C@H](N)C(=O)N[C@H](C(=O)C[C@@H](CCCNC(N)=O)C(=O)Nc1ccc(CO)cc1)C(C)C. The van der Waals surface area contributed by atoms with Crippen LogP contribution in [0.1, 0.15) is 51.5 Å². The fraction of sp³-hybridized carbons (Fsp3) is 0.560. The van der Waals surface area contributed by atoms with Crippen molar-refractivity contribution in [3.8, 4) is 0 Å². The summed E-state index contributed by atoms with van der Waals surface area (Å²) < 4.78 is 4.55. The minimum absolute atomic E-state index is 0.0355. The number of Topliss-reactive ketones (excluding diaryl/α,β-unsaturated/α-hetero) is 1. The number of ketones is 1. The average Bonchev–Trinajstić information content (AvgIpc) is 2.86. The summed E-state index contributed by atoms with van der Waals surface area (Å²) in [6, 6.07) is 4.04. The normalized spacial score (nSPS) is 13.2. The van der Waals surface area contributed by atoms with E-state index in [1.807, 2.05) is 0 Å². The number of hydrogen-bond acceptors (Lipinski definition) is 8. The van der Waals surface area contributed by atoms with Gasteiger partial charge in [-0.25, -0.2) is 4.79 Å². The molecule has 1 aromatic carbocycles. The van der Waals surface area contributed by atoms with Crippen LogP contribution in [0.15, 0.2) is 24.3 Å². The number of anilines is 1. The maximum Gasteiger partial charge on any atom is 0.312 e. The summed E-state index contributed by atoms with van der Waals surface area (Å²) in [5.74, 6) is -2.84. The fourth-order valence-corrected chi connectivity index (χ4v) is 3.58. The number of methoxy groups -OCH3 is 1. The fourth-order valence-electron chi connectivity index (χ4n) is 3.58. The Morgan fingerprint density at radius 3 is 2.22 bits per heavy atom. The lowest BCUT2D eigenvalue weighted by atomic mass is 9.89. The van der Waals surface area contributed by atoms with Crippen molar-refractivity contribution in [2.24, 2.45) is 23.3 Å². The van der Waals surface area contributed by atoms with Gasteiger partial charge >= 0.3 is 12.0 Å². The van der Waals surface area contributed by atoms with E-state index in [0.29, 0.717) is 17.7 Å². The highest BCUT2D eigenvalue weighted by atomic mass is 16.5. The zero-order valence-electron chi connectivity index (χ0n) is 21.6. The molecule has 0 aliphatic heterocycles. The van der Waals surface area contributed by atoms with E-state index in [9.17, 15) is 29.1 Å². The summed E-state index contributed by atoms with van der Waals surface area (Å²) in [6.07, 6.45) is 0.549. The minimum Gasteiger partial charge on any atom is -0.469 e. The molecule has 4 amide bonds. The molecular formula is C25H39N5O7. The number of primary amides is 1. The van der Waals surface area contributed by atoms with Crippen LogP contribution in [0.3, 0.4) is 0 Å². The molecule has 1 aromatic rings. The third kappa shape index (κ3) is 11.8. The van der Waals surface area contributed by atoms with Crippen LogP contribution in [-0.4, -0.2) is 60.4 Å². The first-order chi connectivity index (χ1) is 17.5. The lowest BCUT2D eigenvalue weighted by Gasteiger charge is -2.25. The largest absolute Gasteiger partial charge is 0.469 e. The third-order valence-electron chi connectivity index (χ3n) is 5.79. The summed E-state index contributed by atoms with van der Waals surface area (Å²) in [5, 5.41) is 17.1. The number of ether oxygens (including phenoxy) is 1. The van der Waals surface area contributed by atoms with E-state index in [4.69, 9.17) is 11.5 Å². The number of urea groups is 1. The number of hydrogen-bond donors (Lipinski definition) is 6. The van der Waals surface area contributed by atoms with E-state index in [0.717, 1.165) is 0 Å². The molecule has 1 rings (SSSR count). The van der Waals surface area contributed by atoms with Crippen LogP contribution >= 0.6 is 0 Å². The zero-order chi connectivity index (χ0) is 28.0. The molecule has 0 saturated carbocycles. The number of amides is 4. The van der Waals surface area contributed by atoms with E-state index in [2.05, 4.69) is 20.7 Å². The van der Waals surface area contributed by atoms with Crippen LogP contribution in [0.25, 0.3) is 0 Å². The maximum absolute atomic E-state index is 13.2. The Kier molecular flexibility index (Phi) is 13.9. The maximum atomic E-state index is 13.2. The number of aliphatic hydroxyl groups excluding tert-OH is 1. The molecule has 0 radical (unpaired) electrons. The molecule has 0 unspecified atom stereocenters. The predicted molar refractivity (Wildman–Crippen MR) is 137 cm³/mol. The Morgan fingerprint density at radius 2 is 1.68 bits per heavy atom. The Balaban J connectivity index is 2.91. The molecule has 12 nitrogen and oxygen atoms in total. The number of carbonyl (C=O) groups excluding carboxylic acids is 5. The van der Waals surface area contributed by atoms with Crippen molar-refractivity contribution in [2.75, 3.05) is 19.0 Å². The van der Waals surface area contributed by atoms with E-state index in [1.54, 1.807) is 38.1 Å². The summed E-state index contributed by atoms with van der Waals surface area (Å²) >= 11 is 0. The van der Waals surface area contributed by atoms with Crippen molar-refractivity contribution in [2.45, 2.75) is 64.6 Å². The van der Waals surface area contributed by atoms with Gasteiger partial charge in [0.15, 0.2) is 5.78 Å². The first kappa shape index (κ1) is 31.5. The molecule has 3 atom stereocenters. The lowest BCUT2D eigenvalue weighted by Crippen LogP contribution is -2.51. The van der Waals surface area contributed by atoms with Gasteiger partial charge in [0, 0.05) is 31.0 Å². The van der Waals surface area contributed by atoms with Crippen molar-refractivity contribution in [1.82, 2.24) is 10.6 Å². The second-order valence-electron chi connectivity index (χ2n) is 9.10. The van der Waals surface area contributed by atoms with Crippen molar-refractivity contribution in [3.05, 3.63) is 29.8 Å². The second-order valence-corrected chi connectivity index (χ2v) is 9.10. The summed E-state index contributed by atoms with van der Waals surface area (Å²) in [5.41, 5.74) is 12.1. The average molecular weight is 522 g/mol. The van der Waals surface area contributed by atoms with Crippen LogP contribution in [-0.2, 0) is 30.5 Å². The first-order valence-corrected chi connectivity index (χ1v) is 12.2. The number of nitrogens with two attached hydrogens (primary N) is 2. The monoisotopic (exact) mass is 521 g/mol. The van der Waals surface area contributed by atoms with Gasteiger partial charge in [0.1, 0.15) is 0 Å². The van der Waals surface area contributed by atoms with Gasteiger partial charge in [-0.05, 0) is 42.9 Å². The molecule has 12 heteroatoms. The molecule has 37 heavy (non-hydrogen) atoms. The van der Waals surface area contributed by atoms with Gasteiger partial charge in [-0.3, -0.25) is 19.2 Å². The van der Waals surface area contributed by atoms with Crippen LogP contribution in [0.4, 0.5) is 10.5 Å². The van der Waals surface area contributed by atoms with Gasteiger partial charge < -0.3 is 37.3 Å². The molecule has 0 bridgehead atoms. The number of benzene rings is 1. The molecule has 8 N–H and O–H groups in total. The number of esters is 1. The Morgan fingerprint density at radius 1 is 1.03 bits per heavy atom. The van der Waals surface area contributed by atoms with Crippen LogP contribution in [0.2, 0.25) is 0 Å². The standard InChI is InChI=1S/C25H39N5O7/c1-15(2)22(30-24(35)19(26)10-11-21(33)37-3)20(32)13-17(5-4-12-28-25(27)36)23(34)29-18-8-6-16(14-31)7-9-18/h6-9,15,17,19,22,31H,4-5,10-14,26H2,1-3H3,(H,29,34)(H,30,35)(H3,27,28,36)/t17-,19+,22+/m1/s1. The molecule has 0 fully saturated rings.